The van der Waals surface area contributed by atoms with E-state index in [9.17, 15) is 22.8 Å². The Bertz CT molecular complexity index is 1340. The first-order valence-electron chi connectivity index (χ1n) is 11.8. The topological polar surface area (TPSA) is 124 Å². The Morgan fingerprint density at radius 1 is 1.19 bits per heavy atom. The third-order valence-electron chi connectivity index (χ3n) is 6.17. The van der Waals surface area contributed by atoms with E-state index in [4.69, 9.17) is 14.9 Å². The Kier molecular flexibility index (Phi) is 7.13. The minimum absolute atomic E-state index is 0.00898. The number of ether oxygens (including phenoxy) is 1. The van der Waals surface area contributed by atoms with Gasteiger partial charge >= 0.3 is 6.18 Å². The minimum Gasteiger partial charge on any atom is -0.494 e. The number of oxazole rings is 1. The van der Waals surface area contributed by atoms with E-state index in [1.165, 1.54) is 19.2 Å². The summed E-state index contributed by atoms with van der Waals surface area (Å²) >= 11 is 0. The number of aromatic nitrogens is 2. The molecule has 1 aliphatic heterocycles. The zero-order valence-corrected chi connectivity index (χ0v) is 20.8. The van der Waals surface area contributed by atoms with Gasteiger partial charge in [-0.3, -0.25) is 9.59 Å². The summed E-state index contributed by atoms with van der Waals surface area (Å²) in [5.74, 6) is -0.354. The van der Waals surface area contributed by atoms with Crippen LogP contribution < -0.4 is 15.8 Å². The molecule has 3 aromatic rings. The molecule has 3 N–H and O–H groups in total. The van der Waals surface area contributed by atoms with Crippen molar-refractivity contribution in [3.05, 3.63) is 41.4 Å². The van der Waals surface area contributed by atoms with Gasteiger partial charge in [0, 0.05) is 36.0 Å². The monoisotopic (exact) mass is 519 g/mol. The fourth-order valence-corrected chi connectivity index (χ4v) is 4.32. The maximum absolute atomic E-state index is 13.3. The second-order valence-electron chi connectivity index (χ2n) is 9.32. The van der Waals surface area contributed by atoms with Crippen LogP contribution in [0.2, 0.25) is 0 Å². The number of nitrogens with two attached hydrogens (primary N) is 1. The summed E-state index contributed by atoms with van der Waals surface area (Å²) in [7, 11) is 1.33. The van der Waals surface area contributed by atoms with Crippen molar-refractivity contribution in [1.29, 1.82) is 0 Å². The summed E-state index contributed by atoms with van der Waals surface area (Å²) in [5.41, 5.74) is 5.26. The van der Waals surface area contributed by atoms with Gasteiger partial charge in [-0.05, 0) is 37.6 Å². The van der Waals surface area contributed by atoms with Crippen molar-refractivity contribution in [3.8, 4) is 17.2 Å². The number of hydrogen-bond acceptors (Lipinski definition) is 7. The molecule has 1 aliphatic rings. The lowest BCUT2D eigenvalue weighted by Gasteiger charge is -2.19. The van der Waals surface area contributed by atoms with Gasteiger partial charge in [-0.25, -0.2) is 9.97 Å². The Morgan fingerprint density at radius 2 is 1.92 bits per heavy atom. The lowest BCUT2D eigenvalue weighted by atomic mass is 10.1. The third kappa shape index (κ3) is 5.24. The van der Waals surface area contributed by atoms with Gasteiger partial charge < -0.3 is 25.1 Å². The molecule has 3 heterocycles. The van der Waals surface area contributed by atoms with Crippen LogP contribution in [0.4, 0.5) is 13.2 Å². The highest BCUT2D eigenvalue weighted by Crippen LogP contribution is 2.37. The molecule has 0 bridgehead atoms. The highest BCUT2D eigenvalue weighted by molar-refractivity contribution is 5.98. The molecule has 1 saturated heterocycles. The highest BCUT2D eigenvalue weighted by atomic mass is 19.4. The number of likely N-dealkylation sites (tertiary alicyclic amines) is 1. The molecule has 0 saturated carbocycles. The molecule has 1 fully saturated rings. The van der Waals surface area contributed by atoms with Gasteiger partial charge in [0.2, 0.25) is 11.8 Å². The number of alkyl halides is 3. The molecule has 0 radical (unpaired) electrons. The van der Waals surface area contributed by atoms with E-state index in [0.717, 1.165) is 6.07 Å². The molecular weight excluding hydrogens is 491 g/mol. The lowest BCUT2D eigenvalue weighted by molar-refractivity contribution is -0.141. The number of halogens is 3. The van der Waals surface area contributed by atoms with Crippen molar-refractivity contribution in [3.63, 3.8) is 0 Å². The summed E-state index contributed by atoms with van der Waals surface area (Å²) in [6.07, 6.45) is -4.04. The van der Waals surface area contributed by atoms with E-state index in [1.54, 1.807) is 17.9 Å². The van der Waals surface area contributed by atoms with E-state index in [2.05, 4.69) is 15.3 Å². The van der Waals surface area contributed by atoms with Gasteiger partial charge in [0.1, 0.15) is 17.0 Å². The fourth-order valence-electron chi connectivity index (χ4n) is 4.32. The van der Waals surface area contributed by atoms with E-state index in [0.29, 0.717) is 30.5 Å². The van der Waals surface area contributed by atoms with Crippen molar-refractivity contribution in [2.45, 2.75) is 45.5 Å². The van der Waals surface area contributed by atoms with Crippen molar-refractivity contribution in [1.82, 2.24) is 20.2 Å². The molecule has 0 unspecified atom stereocenters. The van der Waals surface area contributed by atoms with Crippen LogP contribution in [-0.4, -0.2) is 52.9 Å². The lowest BCUT2D eigenvalue weighted by Crippen LogP contribution is -2.40. The summed E-state index contributed by atoms with van der Waals surface area (Å²) in [6, 6.07) is 4.20. The van der Waals surface area contributed by atoms with Crippen LogP contribution in [-0.2, 0) is 11.0 Å². The molecule has 2 amide bonds. The normalized spacial score (nSPS) is 16.9. The number of benzene rings is 1. The van der Waals surface area contributed by atoms with Crippen LogP contribution >= 0.6 is 0 Å². The van der Waals surface area contributed by atoms with Gasteiger partial charge in [0.15, 0.2) is 11.5 Å². The van der Waals surface area contributed by atoms with Crippen LogP contribution in [0, 0.1) is 5.92 Å². The molecule has 0 aliphatic carbocycles. The van der Waals surface area contributed by atoms with Crippen molar-refractivity contribution in [2.24, 2.45) is 11.7 Å². The van der Waals surface area contributed by atoms with Crippen molar-refractivity contribution >= 4 is 22.7 Å². The highest BCUT2D eigenvalue weighted by Gasteiger charge is 2.34. The SMILES string of the molecule is COc1ccc(-c2nc(C(=O)N[C@@H]3CCN(C(=O)C(C)C)C3)c([C@H](C)N)o2)c2ccc(C(F)(F)F)nc12. The molecule has 2 atom stereocenters. The quantitative estimate of drug-likeness (QED) is 0.506. The Balaban J connectivity index is 1.68. The molecule has 9 nitrogen and oxygen atoms in total. The zero-order valence-electron chi connectivity index (χ0n) is 20.8. The summed E-state index contributed by atoms with van der Waals surface area (Å²) in [6.45, 7) is 6.20. The van der Waals surface area contributed by atoms with Crippen molar-refractivity contribution in [2.75, 3.05) is 20.2 Å². The Hall–Kier alpha value is -3.67. The van der Waals surface area contributed by atoms with E-state index >= 15 is 0 Å². The second kappa shape index (κ2) is 10.0. The van der Waals surface area contributed by atoms with Crippen LogP contribution in [0.15, 0.2) is 28.7 Å². The first-order chi connectivity index (χ1) is 17.4. The van der Waals surface area contributed by atoms with E-state index < -0.39 is 23.8 Å². The number of pyridine rings is 1. The summed E-state index contributed by atoms with van der Waals surface area (Å²) in [5, 5.41) is 3.19. The number of nitrogens with zero attached hydrogens (tertiary/aromatic N) is 3. The summed E-state index contributed by atoms with van der Waals surface area (Å²) < 4.78 is 50.9. The Labute approximate surface area is 211 Å². The largest absolute Gasteiger partial charge is 0.494 e. The maximum Gasteiger partial charge on any atom is 0.433 e. The zero-order chi connectivity index (χ0) is 27.1. The van der Waals surface area contributed by atoms with Crippen LogP contribution in [0.5, 0.6) is 5.75 Å². The van der Waals surface area contributed by atoms with Crippen LogP contribution in [0.25, 0.3) is 22.4 Å². The summed E-state index contributed by atoms with van der Waals surface area (Å²) in [4.78, 5) is 35.3. The predicted molar refractivity (Wildman–Crippen MR) is 129 cm³/mol. The fraction of sp³-hybridized carbons (Fsp3) is 0.440. The number of methoxy groups -OCH3 is 1. The van der Waals surface area contributed by atoms with Gasteiger partial charge in [-0.15, -0.1) is 0 Å². The molecule has 4 rings (SSSR count). The van der Waals surface area contributed by atoms with Crippen LogP contribution in [0.3, 0.4) is 0 Å². The van der Waals surface area contributed by atoms with E-state index in [1.807, 2.05) is 13.8 Å². The number of carbonyl (C=O) groups is 2. The van der Waals surface area contributed by atoms with Gasteiger partial charge in [-0.1, -0.05) is 13.8 Å². The molecule has 2 aromatic heterocycles. The number of amides is 2. The predicted octanol–water partition coefficient (Wildman–Crippen LogP) is 3.92. The molecule has 1 aromatic carbocycles. The minimum atomic E-state index is -4.64. The first kappa shape index (κ1) is 26.4. The third-order valence-corrected chi connectivity index (χ3v) is 6.17. The number of fused-ring (bicyclic) bond motifs is 1. The van der Waals surface area contributed by atoms with Crippen LogP contribution in [0.1, 0.15) is 55.2 Å². The molecule has 198 valence electrons. The first-order valence-corrected chi connectivity index (χ1v) is 11.8. The van der Waals surface area contributed by atoms with Gasteiger partial charge in [-0.2, -0.15) is 13.2 Å². The van der Waals surface area contributed by atoms with E-state index in [-0.39, 0.29) is 46.5 Å². The maximum atomic E-state index is 13.3. The van der Waals surface area contributed by atoms with Crippen molar-refractivity contribution < 1.29 is 31.9 Å². The molecular formula is C25H28F3N5O4. The smallest absolute Gasteiger partial charge is 0.433 e. The number of nitrogens with one attached hydrogen (secondary N) is 1. The Morgan fingerprint density at radius 3 is 2.54 bits per heavy atom. The number of rotatable bonds is 6. The molecule has 0 spiro atoms. The number of carbonyl (C=O) groups excluding carboxylic acids is 2. The standard InChI is InChI=1S/C25H28F3N5O4/c1-12(2)24(35)33-10-9-14(11-33)30-22(34)20-21(13(3)29)37-23(32-20)16-5-7-17(36-4)19-15(16)6-8-18(31-19)25(26,27)28/h5-8,12-14H,9-11,29H2,1-4H3,(H,30,34)/t13-,14+/m0/s1. The average Bonchev–Trinajstić information content (AvgIpc) is 3.49. The average molecular weight is 520 g/mol. The second-order valence-corrected chi connectivity index (χ2v) is 9.32. The molecule has 37 heavy (non-hydrogen) atoms. The van der Waals surface area contributed by atoms with Gasteiger partial charge in [0.05, 0.1) is 13.2 Å². The number of hydrogen-bond donors (Lipinski definition) is 2. The molecule has 12 heteroatoms. The van der Waals surface area contributed by atoms with Gasteiger partial charge in [0.25, 0.3) is 5.91 Å².